The molecule has 0 aromatic heterocycles. The molecular formula is C14H16Cl2N2O2. The average Bonchev–Trinajstić information content (AvgIpc) is 2.41. The lowest BCUT2D eigenvalue weighted by atomic mass is 10.2. The van der Waals surface area contributed by atoms with E-state index in [9.17, 15) is 4.79 Å². The molecule has 1 aromatic carbocycles. The van der Waals surface area contributed by atoms with Crippen LogP contribution in [0.3, 0.4) is 0 Å². The van der Waals surface area contributed by atoms with Crippen molar-refractivity contribution in [2.75, 3.05) is 19.7 Å². The maximum atomic E-state index is 11.5. The lowest BCUT2D eigenvalue weighted by Crippen LogP contribution is -2.29. The van der Waals surface area contributed by atoms with E-state index < -0.39 is 0 Å². The van der Waals surface area contributed by atoms with Gasteiger partial charge in [0.2, 0.25) is 0 Å². The fraction of sp³-hybridized carbons (Fsp3) is 0.357. The summed E-state index contributed by atoms with van der Waals surface area (Å²) < 4.78 is 5.47. The maximum absolute atomic E-state index is 11.5. The van der Waals surface area contributed by atoms with E-state index in [-0.39, 0.29) is 19.1 Å². The second-order valence-corrected chi connectivity index (χ2v) is 4.77. The molecule has 0 radical (unpaired) electrons. The molecule has 2 N–H and O–H groups in total. The lowest BCUT2D eigenvalue weighted by Gasteiger charge is -2.14. The maximum Gasteiger partial charge on any atom is 0.258 e. The van der Waals surface area contributed by atoms with E-state index in [4.69, 9.17) is 34.4 Å². The Hall–Kier alpha value is -1.41. The van der Waals surface area contributed by atoms with E-state index in [0.29, 0.717) is 22.3 Å². The topological polar surface area (TPSA) is 50.4 Å². The summed E-state index contributed by atoms with van der Waals surface area (Å²) in [6.45, 7) is 3.35. The first-order chi connectivity index (χ1) is 9.58. The third-order valence-electron chi connectivity index (χ3n) is 2.39. The number of terminal acetylenes is 1. The summed E-state index contributed by atoms with van der Waals surface area (Å²) in [5.74, 6) is 2.46. The van der Waals surface area contributed by atoms with Crippen LogP contribution in [-0.4, -0.2) is 25.6 Å². The molecule has 0 unspecified atom stereocenters. The van der Waals surface area contributed by atoms with Crippen LogP contribution in [0, 0.1) is 12.3 Å². The number of amides is 1. The Morgan fingerprint density at radius 1 is 1.45 bits per heavy atom. The second-order valence-electron chi connectivity index (χ2n) is 3.93. The molecule has 0 spiro atoms. The summed E-state index contributed by atoms with van der Waals surface area (Å²) in [4.78, 5) is 11.5. The molecule has 20 heavy (non-hydrogen) atoms. The van der Waals surface area contributed by atoms with Gasteiger partial charge in [-0.25, -0.2) is 0 Å². The van der Waals surface area contributed by atoms with Crippen LogP contribution in [0.5, 0.6) is 5.75 Å². The Morgan fingerprint density at radius 2 is 2.20 bits per heavy atom. The summed E-state index contributed by atoms with van der Waals surface area (Å²) in [7, 11) is 0. The average molecular weight is 315 g/mol. The minimum Gasteiger partial charge on any atom is -0.482 e. The molecule has 0 aliphatic rings. The molecular weight excluding hydrogens is 299 g/mol. The first kappa shape index (κ1) is 16.6. The Balaban J connectivity index is 2.77. The molecule has 108 valence electrons. The lowest BCUT2D eigenvalue weighted by molar-refractivity contribution is -0.122. The summed E-state index contributed by atoms with van der Waals surface area (Å²) in [6.07, 6.45) is 5.05. The van der Waals surface area contributed by atoms with Gasteiger partial charge in [0.25, 0.3) is 5.91 Å². The van der Waals surface area contributed by atoms with Crippen LogP contribution < -0.4 is 15.4 Å². The standard InChI is InChI=1S/C14H16Cl2N2O2/c1-3-5-18-13(19)9-20-14-10(8-17-4-2)6-11(15)7-12(14)16/h1,6-7,17H,4-5,8-9H2,2H3,(H,18,19). The van der Waals surface area contributed by atoms with Gasteiger partial charge in [0.05, 0.1) is 11.6 Å². The normalized spacial score (nSPS) is 9.90. The largest absolute Gasteiger partial charge is 0.482 e. The van der Waals surface area contributed by atoms with E-state index >= 15 is 0 Å². The van der Waals surface area contributed by atoms with Gasteiger partial charge in [-0.1, -0.05) is 36.0 Å². The van der Waals surface area contributed by atoms with Crippen molar-refractivity contribution < 1.29 is 9.53 Å². The number of ether oxygens (including phenoxy) is 1. The molecule has 0 aliphatic carbocycles. The highest BCUT2D eigenvalue weighted by Crippen LogP contribution is 2.32. The Kier molecular flexibility index (Phi) is 7.24. The van der Waals surface area contributed by atoms with Crippen LogP contribution in [0.25, 0.3) is 0 Å². The number of hydrogen-bond donors (Lipinski definition) is 2. The van der Waals surface area contributed by atoms with E-state index in [0.717, 1.165) is 12.1 Å². The molecule has 1 rings (SSSR count). The number of nitrogens with one attached hydrogen (secondary N) is 2. The van der Waals surface area contributed by atoms with Crippen molar-refractivity contribution in [2.45, 2.75) is 13.5 Å². The fourth-order valence-electron chi connectivity index (χ4n) is 1.50. The van der Waals surface area contributed by atoms with Gasteiger partial charge >= 0.3 is 0 Å². The second kappa shape index (κ2) is 8.70. The highest BCUT2D eigenvalue weighted by Gasteiger charge is 2.12. The molecule has 0 saturated heterocycles. The molecule has 0 aliphatic heterocycles. The van der Waals surface area contributed by atoms with Crippen molar-refractivity contribution in [1.29, 1.82) is 0 Å². The van der Waals surface area contributed by atoms with Crippen LogP contribution in [-0.2, 0) is 11.3 Å². The van der Waals surface area contributed by atoms with Crippen LogP contribution in [0.15, 0.2) is 12.1 Å². The van der Waals surface area contributed by atoms with E-state index in [2.05, 4.69) is 16.6 Å². The smallest absolute Gasteiger partial charge is 0.258 e. The van der Waals surface area contributed by atoms with Crippen molar-refractivity contribution >= 4 is 29.1 Å². The van der Waals surface area contributed by atoms with Crippen LogP contribution in [0.4, 0.5) is 0 Å². The molecule has 0 fully saturated rings. The van der Waals surface area contributed by atoms with Crippen molar-refractivity contribution in [3.8, 4) is 18.1 Å². The SMILES string of the molecule is C#CCNC(=O)COc1c(Cl)cc(Cl)cc1CNCC. The molecule has 0 saturated carbocycles. The molecule has 1 amide bonds. The minimum atomic E-state index is -0.302. The summed E-state index contributed by atoms with van der Waals surface area (Å²) >= 11 is 12.1. The number of benzene rings is 1. The minimum absolute atomic E-state index is 0.151. The molecule has 0 atom stereocenters. The zero-order valence-electron chi connectivity index (χ0n) is 11.1. The van der Waals surface area contributed by atoms with E-state index in [1.165, 1.54) is 0 Å². The van der Waals surface area contributed by atoms with Crippen molar-refractivity contribution in [3.05, 3.63) is 27.7 Å². The van der Waals surface area contributed by atoms with Crippen molar-refractivity contribution in [2.24, 2.45) is 0 Å². The first-order valence-corrected chi connectivity index (χ1v) is 6.85. The predicted octanol–water partition coefficient (Wildman–Crippen LogP) is 2.23. The van der Waals surface area contributed by atoms with Crippen LogP contribution in [0.1, 0.15) is 12.5 Å². The van der Waals surface area contributed by atoms with Gasteiger partial charge in [-0.2, -0.15) is 0 Å². The number of carbonyl (C=O) groups excluding carboxylic acids is 1. The Morgan fingerprint density at radius 3 is 2.85 bits per heavy atom. The highest BCUT2D eigenvalue weighted by atomic mass is 35.5. The zero-order valence-corrected chi connectivity index (χ0v) is 12.6. The highest BCUT2D eigenvalue weighted by molar-refractivity contribution is 6.35. The molecule has 6 heteroatoms. The first-order valence-electron chi connectivity index (χ1n) is 6.10. The third kappa shape index (κ3) is 5.30. The van der Waals surface area contributed by atoms with Gasteiger partial charge in [-0.15, -0.1) is 6.42 Å². The number of carbonyl (C=O) groups is 1. The van der Waals surface area contributed by atoms with Gasteiger partial charge in [-0.3, -0.25) is 4.79 Å². The van der Waals surface area contributed by atoms with Gasteiger partial charge in [0, 0.05) is 17.1 Å². The zero-order chi connectivity index (χ0) is 15.0. The van der Waals surface area contributed by atoms with Gasteiger partial charge < -0.3 is 15.4 Å². The molecule has 0 heterocycles. The van der Waals surface area contributed by atoms with Crippen LogP contribution in [0.2, 0.25) is 10.0 Å². The molecule has 1 aromatic rings. The van der Waals surface area contributed by atoms with Gasteiger partial charge in [-0.05, 0) is 18.7 Å². The van der Waals surface area contributed by atoms with E-state index in [1.807, 2.05) is 6.92 Å². The third-order valence-corrected chi connectivity index (χ3v) is 2.88. The van der Waals surface area contributed by atoms with Gasteiger partial charge in [0.15, 0.2) is 6.61 Å². The monoisotopic (exact) mass is 314 g/mol. The Labute approximate surface area is 128 Å². The quantitative estimate of drug-likeness (QED) is 0.759. The van der Waals surface area contributed by atoms with Gasteiger partial charge in [0.1, 0.15) is 5.75 Å². The number of hydrogen-bond acceptors (Lipinski definition) is 3. The number of rotatable bonds is 7. The van der Waals surface area contributed by atoms with E-state index in [1.54, 1.807) is 12.1 Å². The number of halogens is 2. The van der Waals surface area contributed by atoms with Crippen molar-refractivity contribution in [3.63, 3.8) is 0 Å². The van der Waals surface area contributed by atoms with Crippen LogP contribution >= 0.6 is 23.2 Å². The summed E-state index contributed by atoms with van der Waals surface area (Å²) in [5, 5.41) is 6.56. The molecule has 0 bridgehead atoms. The summed E-state index contributed by atoms with van der Waals surface area (Å²) in [5.41, 5.74) is 0.800. The fourth-order valence-corrected chi connectivity index (χ4v) is 2.09. The Bertz CT molecular complexity index is 513. The van der Waals surface area contributed by atoms with Crippen molar-refractivity contribution in [1.82, 2.24) is 10.6 Å². The molecule has 4 nitrogen and oxygen atoms in total. The summed E-state index contributed by atoms with van der Waals surface area (Å²) in [6, 6.07) is 3.33. The predicted molar refractivity (Wildman–Crippen MR) is 81.2 cm³/mol.